The first-order valence-electron chi connectivity index (χ1n) is 9.82. The first kappa shape index (κ1) is 21.1. The van der Waals surface area contributed by atoms with E-state index in [1.165, 1.54) is 18.6 Å². The molecule has 1 aromatic rings. The Kier molecular flexibility index (Phi) is 6.74. The molecule has 1 aromatic carbocycles. The van der Waals surface area contributed by atoms with Gasteiger partial charge in [-0.15, -0.1) is 0 Å². The van der Waals surface area contributed by atoms with Crippen molar-refractivity contribution in [3.63, 3.8) is 0 Å². The number of nitro groups is 1. The molecule has 156 valence electrons. The summed E-state index contributed by atoms with van der Waals surface area (Å²) in [7, 11) is 0. The molecule has 1 unspecified atom stereocenters. The van der Waals surface area contributed by atoms with E-state index in [1.54, 1.807) is 6.07 Å². The first-order valence-corrected chi connectivity index (χ1v) is 10.2. The Morgan fingerprint density at radius 1 is 1.31 bits per heavy atom. The summed E-state index contributed by atoms with van der Waals surface area (Å²) >= 11 is 5.90. The summed E-state index contributed by atoms with van der Waals surface area (Å²) in [4.78, 5) is 35.7. The Labute approximate surface area is 173 Å². The van der Waals surface area contributed by atoms with Crippen LogP contribution in [0.5, 0.6) is 0 Å². The van der Waals surface area contributed by atoms with Crippen molar-refractivity contribution in [2.75, 3.05) is 6.61 Å². The van der Waals surface area contributed by atoms with Crippen LogP contribution in [0.4, 0.5) is 10.5 Å². The number of esters is 1. The Hall–Kier alpha value is -2.61. The van der Waals surface area contributed by atoms with Gasteiger partial charge in [0.15, 0.2) is 0 Å². The highest BCUT2D eigenvalue weighted by Crippen LogP contribution is 2.34. The fourth-order valence-electron chi connectivity index (χ4n) is 3.86. The van der Waals surface area contributed by atoms with Crippen molar-refractivity contribution in [2.24, 2.45) is 5.92 Å². The van der Waals surface area contributed by atoms with Crippen LogP contribution in [0.15, 0.2) is 29.5 Å². The molecule has 0 radical (unpaired) electrons. The molecule has 1 heterocycles. The molecule has 0 spiro atoms. The van der Waals surface area contributed by atoms with Gasteiger partial charge in [-0.25, -0.2) is 9.59 Å². The number of benzene rings is 1. The number of hydrogen-bond donors (Lipinski definition) is 2. The van der Waals surface area contributed by atoms with E-state index < -0.39 is 23.0 Å². The molecule has 3 rings (SSSR count). The van der Waals surface area contributed by atoms with Crippen molar-refractivity contribution in [3.8, 4) is 0 Å². The lowest BCUT2D eigenvalue weighted by atomic mass is 9.90. The minimum Gasteiger partial charge on any atom is -0.462 e. The smallest absolute Gasteiger partial charge is 0.338 e. The van der Waals surface area contributed by atoms with E-state index in [2.05, 4.69) is 10.6 Å². The van der Waals surface area contributed by atoms with Crippen LogP contribution in [0.25, 0.3) is 0 Å². The number of urea groups is 1. The van der Waals surface area contributed by atoms with Crippen molar-refractivity contribution in [1.82, 2.24) is 10.6 Å². The minimum atomic E-state index is -0.853. The second-order valence-corrected chi connectivity index (χ2v) is 7.75. The molecule has 1 atom stereocenters. The minimum absolute atomic E-state index is 0.0138. The molecule has 8 nitrogen and oxygen atoms in total. The van der Waals surface area contributed by atoms with Crippen molar-refractivity contribution < 1.29 is 19.2 Å². The number of nitrogens with zero attached hydrogens (tertiary/aromatic N) is 1. The van der Waals surface area contributed by atoms with Crippen LogP contribution in [-0.2, 0) is 9.53 Å². The summed E-state index contributed by atoms with van der Waals surface area (Å²) in [6.45, 7) is 2.15. The summed E-state index contributed by atoms with van der Waals surface area (Å²) in [6, 6.07) is 2.90. The normalized spacial score (nSPS) is 20.1. The molecule has 0 bridgehead atoms. The van der Waals surface area contributed by atoms with E-state index in [0.29, 0.717) is 30.2 Å². The van der Waals surface area contributed by atoms with Crippen LogP contribution in [0, 0.1) is 16.0 Å². The standard InChI is InChI=1S/C20H24ClN3O5/c1-2-15-17(19(25)29-11-12-6-4-3-5-7-12)18(23-20(26)22-15)13-8-9-14(21)16(10-13)24(27)28/h8-10,12,18H,2-7,11H2,1H3,(H2,22,23,26). The summed E-state index contributed by atoms with van der Waals surface area (Å²) < 4.78 is 5.59. The fraction of sp³-hybridized carbons (Fsp3) is 0.500. The third-order valence-electron chi connectivity index (χ3n) is 5.40. The molecule has 1 aliphatic carbocycles. The quantitative estimate of drug-likeness (QED) is 0.402. The Bertz CT molecular complexity index is 849. The highest BCUT2D eigenvalue weighted by Gasteiger charge is 2.34. The molecule has 0 aromatic heterocycles. The number of allylic oxidation sites excluding steroid dienone is 1. The van der Waals surface area contributed by atoms with Gasteiger partial charge < -0.3 is 15.4 Å². The first-order chi connectivity index (χ1) is 13.9. The molecular weight excluding hydrogens is 398 g/mol. The number of halogens is 1. The third-order valence-corrected chi connectivity index (χ3v) is 5.72. The maximum absolute atomic E-state index is 13.0. The van der Waals surface area contributed by atoms with Crippen LogP contribution in [-0.4, -0.2) is 23.5 Å². The number of nitrogens with one attached hydrogen (secondary N) is 2. The highest BCUT2D eigenvalue weighted by molar-refractivity contribution is 6.32. The van der Waals surface area contributed by atoms with E-state index in [4.69, 9.17) is 16.3 Å². The van der Waals surface area contributed by atoms with Gasteiger partial charge in [0.05, 0.1) is 23.1 Å². The Balaban J connectivity index is 1.89. The van der Waals surface area contributed by atoms with Crippen molar-refractivity contribution >= 4 is 29.3 Å². The number of rotatable bonds is 6. The third kappa shape index (κ3) is 4.87. The average Bonchev–Trinajstić information content (AvgIpc) is 2.72. The van der Waals surface area contributed by atoms with Crippen LogP contribution < -0.4 is 10.6 Å². The van der Waals surface area contributed by atoms with Gasteiger partial charge in [-0.2, -0.15) is 0 Å². The predicted molar refractivity (Wildman–Crippen MR) is 107 cm³/mol. The van der Waals surface area contributed by atoms with Gasteiger partial charge in [0.25, 0.3) is 5.69 Å². The maximum atomic E-state index is 13.0. The molecule has 29 heavy (non-hydrogen) atoms. The van der Waals surface area contributed by atoms with Gasteiger partial charge in [0.2, 0.25) is 0 Å². The van der Waals surface area contributed by atoms with Crippen LogP contribution >= 0.6 is 11.6 Å². The van der Waals surface area contributed by atoms with Gasteiger partial charge in [0.1, 0.15) is 5.02 Å². The Morgan fingerprint density at radius 2 is 2.03 bits per heavy atom. The number of carbonyl (C=O) groups excluding carboxylic acids is 2. The van der Waals surface area contributed by atoms with Crippen LogP contribution in [0.3, 0.4) is 0 Å². The van der Waals surface area contributed by atoms with Crippen molar-refractivity contribution in [1.29, 1.82) is 0 Å². The van der Waals surface area contributed by atoms with Crippen LogP contribution in [0.1, 0.15) is 57.1 Å². The summed E-state index contributed by atoms with van der Waals surface area (Å²) in [5.74, 6) is -0.179. The monoisotopic (exact) mass is 421 g/mol. The van der Waals surface area contributed by atoms with Gasteiger partial charge in [-0.05, 0) is 36.8 Å². The second kappa shape index (κ2) is 9.26. The molecule has 0 saturated heterocycles. The molecule has 2 N–H and O–H groups in total. The van der Waals surface area contributed by atoms with E-state index in [-0.39, 0.29) is 16.3 Å². The number of ether oxygens (including phenoxy) is 1. The zero-order chi connectivity index (χ0) is 21.0. The van der Waals surface area contributed by atoms with Crippen LogP contribution in [0.2, 0.25) is 5.02 Å². The van der Waals surface area contributed by atoms with E-state index in [0.717, 1.165) is 25.7 Å². The molecule has 1 fully saturated rings. The van der Waals surface area contributed by atoms with Gasteiger partial charge in [0, 0.05) is 11.8 Å². The lowest BCUT2D eigenvalue weighted by Gasteiger charge is -2.29. The lowest BCUT2D eigenvalue weighted by molar-refractivity contribution is -0.384. The summed E-state index contributed by atoms with van der Waals surface area (Å²) in [5, 5.41) is 16.6. The number of nitro benzene ring substituents is 1. The van der Waals surface area contributed by atoms with E-state index in [1.807, 2.05) is 6.92 Å². The van der Waals surface area contributed by atoms with Gasteiger partial charge in [-0.1, -0.05) is 43.9 Å². The fourth-order valence-corrected chi connectivity index (χ4v) is 4.05. The summed E-state index contributed by atoms with van der Waals surface area (Å²) in [5.41, 5.74) is 0.820. The zero-order valence-corrected chi connectivity index (χ0v) is 17.0. The van der Waals surface area contributed by atoms with Crippen molar-refractivity contribution in [3.05, 3.63) is 50.2 Å². The second-order valence-electron chi connectivity index (χ2n) is 7.35. The lowest BCUT2D eigenvalue weighted by Crippen LogP contribution is -2.46. The SMILES string of the molecule is CCC1=C(C(=O)OCC2CCCCC2)C(c2ccc(Cl)c([N+](=O)[O-])c2)NC(=O)N1. The summed E-state index contributed by atoms with van der Waals surface area (Å²) in [6.07, 6.45) is 5.97. The number of hydrogen-bond acceptors (Lipinski definition) is 5. The Morgan fingerprint density at radius 3 is 2.69 bits per heavy atom. The molecule has 9 heteroatoms. The molecule has 2 aliphatic rings. The zero-order valence-electron chi connectivity index (χ0n) is 16.2. The molecule has 2 amide bonds. The van der Waals surface area contributed by atoms with Crippen molar-refractivity contribution in [2.45, 2.75) is 51.5 Å². The molecule has 1 saturated carbocycles. The van der Waals surface area contributed by atoms with Gasteiger partial charge in [-0.3, -0.25) is 10.1 Å². The molecular formula is C20H24ClN3O5. The number of carbonyl (C=O) groups is 2. The van der Waals surface area contributed by atoms with Gasteiger partial charge >= 0.3 is 12.0 Å². The maximum Gasteiger partial charge on any atom is 0.338 e. The number of amides is 2. The molecule has 1 aliphatic heterocycles. The topological polar surface area (TPSA) is 111 Å². The van der Waals surface area contributed by atoms with E-state index >= 15 is 0 Å². The average molecular weight is 422 g/mol. The van der Waals surface area contributed by atoms with E-state index in [9.17, 15) is 19.7 Å². The predicted octanol–water partition coefficient (Wildman–Crippen LogP) is 4.39. The highest BCUT2D eigenvalue weighted by atomic mass is 35.5. The largest absolute Gasteiger partial charge is 0.462 e.